The summed E-state index contributed by atoms with van der Waals surface area (Å²) in [5.41, 5.74) is 0. The minimum Gasteiger partial charge on any atom is -1.00 e. The van der Waals surface area contributed by atoms with Crippen molar-refractivity contribution in [1.82, 2.24) is 0 Å². The van der Waals surface area contributed by atoms with Gasteiger partial charge in [-0.25, -0.2) is 0 Å². The molecule has 0 aromatic heterocycles. The van der Waals surface area contributed by atoms with Gasteiger partial charge < -0.3 is 4.28 Å². The Labute approximate surface area is 55.7 Å². The Hall–Kier alpha value is 1.15. The average Bonchev–Trinajstić information content (AvgIpc) is 1.00. The molecule has 0 bridgehead atoms. The van der Waals surface area contributed by atoms with Crippen LogP contribution in [0, 0.1) is 0 Å². The van der Waals surface area contributed by atoms with Crippen LogP contribution in [0.2, 0.25) is 0 Å². The smallest absolute Gasteiger partial charge is 1.00 e. The van der Waals surface area contributed by atoms with Gasteiger partial charge in [0.05, 0.1) is 0 Å². The fourth-order valence-electron chi connectivity index (χ4n) is 0. The molecular weight excluding hydrogens is 193 g/mol. The molecule has 0 N–H and O–H groups in total. The van der Waals surface area contributed by atoms with Crippen LogP contribution < -0.4 is 0 Å². The maximum absolute atomic E-state index is 7.50. The van der Waals surface area contributed by atoms with E-state index in [-0.39, 0.29) is 43.6 Å². The maximum Gasteiger partial charge on any atom is 3.00 e. The van der Waals surface area contributed by atoms with Crippen molar-refractivity contribution < 1.29 is 28.6 Å². The molecule has 0 aliphatic carbocycles. The van der Waals surface area contributed by atoms with Crippen LogP contribution in [0.15, 0.2) is 0 Å². The third kappa shape index (κ3) is 38.5. The van der Waals surface area contributed by atoms with Gasteiger partial charge >= 0.3 is 19.5 Å². The van der Waals surface area contributed by atoms with E-state index in [2.05, 4.69) is 6.79 Å². The molecule has 0 fully saturated rings. The average molecular weight is 202 g/mol. The Morgan fingerprint density at radius 1 is 1.20 bits per heavy atom. The third-order valence-corrected chi connectivity index (χ3v) is 0. The molecule has 38 valence electrons. The van der Waals surface area contributed by atoms with Crippen molar-refractivity contribution in [2.75, 3.05) is 0 Å². The van der Waals surface area contributed by atoms with E-state index in [0.29, 0.717) is 0 Å². The van der Waals surface area contributed by atoms with Crippen LogP contribution >= 0.6 is 19.8 Å². The predicted octanol–water partition coefficient (Wildman–Crippen LogP) is 0.0541. The van der Waals surface area contributed by atoms with Crippen molar-refractivity contribution in [1.29, 1.82) is 0 Å². The zero-order valence-corrected chi connectivity index (χ0v) is 7.12. The molecule has 0 spiro atoms. The molecular formula is CH9OP2Rh. The molecule has 0 amide bonds. The minimum absolute atomic E-state index is 0. The summed E-state index contributed by atoms with van der Waals surface area (Å²) in [6.45, 7) is 4.50. The molecule has 1 nitrogen and oxygen atoms in total. The summed E-state index contributed by atoms with van der Waals surface area (Å²) in [6.07, 6.45) is 0. The molecule has 2 unspecified atom stereocenters. The zero-order valence-electron chi connectivity index (χ0n) is 5.66. The fourth-order valence-corrected chi connectivity index (χ4v) is 0. The monoisotopic (exact) mass is 202 g/mol. The van der Waals surface area contributed by atoms with Crippen LogP contribution in [-0.4, -0.2) is 6.79 Å². The molecule has 4 heteroatoms. The van der Waals surface area contributed by atoms with Crippen molar-refractivity contribution in [3.63, 3.8) is 0 Å². The van der Waals surface area contributed by atoms with Gasteiger partial charge in [0.1, 0.15) is 0 Å². The summed E-state index contributed by atoms with van der Waals surface area (Å²) >= 11 is 0. The van der Waals surface area contributed by atoms with Gasteiger partial charge in [-0.1, -0.05) is 0 Å². The van der Waals surface area contributed by atoms with Crippen LogP contribution in [0.3, 0.4) is 0 Å². The quantitative estimate of drug-likeness (QED) is 0.400. The van der Waals surface area contributed by atoms with Crippen molar-refractivity contribution >= 4 is 26.6 Å². The molecule has 0 aliphatic heterocycles. The van der Waals surface area contributed by atoms with Crippen LogP contribution in [-0.2, 0) is 24.3 Å². The van der Waals surface area contributed by atoms with E-state index in [1.807, 2.05) is 0 Å². The third-order valence-electron chi connectivity index (χ3n) is 0. The Kier molecular flexibility index (Phi) is 471. The number of carbonyl (C=O) groups excluding carboxylic acids is 1. The van der Waals surface area contributed by atoms with Crippen molar-refractivity contribution in [2.24, 2.45) is 0 Å². The first kappa shape index (κ1) is 35.2. The van der Waals surface area contributed by atoms with E-state index in [9.17, 15) is 0 Å². The second kappa shape index (κ2) is 66.8. The topological polar surface area (TPSA) is 17.1 Å². The molecule has 0 aliphatic rings. The van der Waals surface area contributed by atoms with E-state index < -0.39 is 0 Å². The molecule has 0 rings (SSSR count). The first-order chi connectivity index (χ1) is 1.00. The molecule has 2 radical (unpaired) electrons. The largest absolute Gasteiger partial charge is 3.00 e. The van der Waals surface area contributed by atoms with E-state index in [1.165, 1.54) is 0 Å². The van der Waals surface area contributed by atoms with Gasteiger partial charge in [-0.2, -0.15) is 19.8 Å². The Balaban J connectivity index is -0.000000000333. The molecule has 2 atom stereocenters. The fraction of sp³-hybridized carbons (Fsp3) is 0. The van der Waals surface area contributed by atoms with Gasteiger partial charge in [0.25, 0.3) is 6.79 Å². The molecule has 0 saturated heterocycles. The zero-order chi connectivity index (χ0) is 2.00. The van der Waals surface area contributed by atoms with Gasteiger partial charge in [-0.3, -0.25) is 4.79 Å². The van der Waals surface area contributed by atoms with Crippen LogP contribution in [0.4, 0.5) is 0 Å². The summed E-state index contributed by atoms with van der Waals surface area (Å²) in [4.78, 5) is 7.50. The van der Waals surface area contributed by atoms with E-state index in [0.717, 1.165) is 0 Å². The normalized spacial score (nSPS) is 0.800. The van der Waals surface area contributed by atoms with Crippen LogP contribution in [0.25, 0.3) is 0 Å². The summed E-state index contributed by atoms with van der Waals surface area (Å²) in [5, 5.41) is 0. The van der Waals surface area contributed by atoms with Crippen molar-refractivity contribution in [2.45, 2.75) is 0 Å². The Morgan fingerprint density at radius 2 is 1.20 bits per heavy atom. The predicted molar refractivity (Wildman–Crippen MR) is 31.2 cm³/mol. The molecule has 0 aromatic rings. The van der Waals surface area contributed by atoms with Gasteiger partial charge in [0, 0.05) is 0 Å². The standard InChI is InChI=1S/CO.2H3P.Rh.3H/c1-2;;;;;;/h;2*1H3;;;;/q;;;+3;3*-1. The summed E-state index contributed by atoms with van der Waals surface area (Å²) in [5.74, 6) is 0. The van der Waals surface area contributed by atoms with E-state index in [1.54, 1.807) is 0 Å². The summed E-state index contributed by atoms with van der Waals surface area (Å²) in [6, 6.07) is 0. The van der Waals surface area contributed by atoms with E-state index in [4.69, 9.17) is 4.79 Å². The summed E-state index contributed by atoms with van der Waals surface area (Å²) in [7, 11) is 0. The van der Waals surface area contributed by atoms with Gasteiger partial charge in [0.2, 0.25) is 0 Å². The summed E-state index contributed by atoms with van der Waals surface area (Å²) < 4.78 is 0. The molecule has 0 heterocycles. The van der Waals surface area contributed by atoms with Crippen molar-refractivity contribution in [3.05, 3.63) is 0 Å². The van der Waals surface area contributed by atoms with Crippen LogP contribution in [0.5, 0.6) is 0 Å². The molecule has 0 aromatic carbocycles. The first-order valence-electron chi connectivity index (χ1n) is 0.204. The van der Waals surface area contributed by atoms with Gasteiger partial charge in [-0.15, -0.1) is 0 Å². The van der Waals surface area contributed by atoms with Crippen LogP contribution in [0.1, 0.15) is 4.28 Å². The van der Waals surface area contributed by atoms with E-state index >= 15 is 0 Å². The molecule has 5 heavy (non-hydrogen) atoms. The molecule has 0 saturated carbocycles. The maximum atomic E-state index is 7.50. The Bertz CT molecular complexity index is 17.2. The first-order valence-corrected chi connectivity index (χ1v) is 0.204. The SMILES string of the molecule is P.P.[C]=O.[H-].[H-].[H-].[Rh+3]. The number of hydrogen-bond donors (Lipinski definition) is 0. The minimum atomic E-state index is 0. The second-order valence-corrected chi connectivity index (χ2v) is 0. The second-order valence-electron chi connectivity index (χ2n) is 0. The number of hydrogen-bond acceptors (Lipinski definition) is 1. The number of rotatable bonds is 0. The van der Waals surface area contributed by atoms with Crippen molar-refractivity contribution in [3.8, 4) is 0 Å². The van der Waals surface area contributed by atoms with Gasteiger partial charge in [-0.05, 0) is 0 Å². The Morgan fingerprint density at radius 3 is 1.20 bits per heavy atom. The van der Waals surface area contributed by atoms with Gasteiger partial charge in [0.15, 0.2) is 0 Å².